The van der Waals surface area contributed by atoms with Crippen molar-refractivity contribution in [1.82, 2.24) is 0 Å². The van der Waals surface area contributed by atoms with E-state index in [1.807, 2.05) is 0 Å². The first-order chi connectivity index (χ1) is 10.5. The Kier molecular flexibility index (Phi) is 3.54. The van der Waals surface area contributed by atoms with Crippen molar-refractivity contribution < 1.29 is 24.2 Å². The maximum Gasteiger partial charge on any atom is 0.310 e. The number of ketones is 1. The molecule has 22 heavy (non-hydrogen) atoms. The average molecular weight is 301 g/mol. The number of anilines is 1. The van der Waals surface area contributed by atoms with E-state index in [2.05, 4.69) is 5.32 Å². The molecule has 2 heterocycles. The summed E-state index contributed by atoms with van der Waals surface area (Å²) in [5.74, 6) is -3.22. The van der Waals surface area contributed by atoms with E-state index in [9.17, 15) is 19.5 Å². The van der Waals surface area contributed by atoms with Crippen LogP contribution in [0.2, 0.25) is 0 Å². The van der Waals surface area contributed by atoms with Crippen LogP contribution in [0.5, 0.6) is 0 Å². The predicted octanol–water partition coefficient (Wildman–Crippen LogP) is 1.48. The third-order valence-corrected chi connectivity index (χ3v) is 4.02. The van der Waals surface area contributed by atoms with Crippen LogP contribution in [0.15, 0.2) is 36.4 Å². The summed E-state index contributed by atoms with van der Waals surface area (Å²) in [6, 6.07) is 6.55. The number of carbonyl (C=O) groups is 3. The van der Waals surface area contributed by atoms with E-state index in [4.69, 9.17) is 4.74 Å². The lowest BCUT2D eigenvalue weighted by Gasteiger charge is -2.21. The molecule has 2 N–H and O–H groups in total. The molecule has 0 aliphatic carbocycles. The van der Waals surface area contributed by atoms with E-state index in [1.165, 1.54) is 6.92 Å². The van der Waals surface area contributed by atoms with E-state index in [0.29, 0.717) is 11.3 Å². The van der Waals surface area contributed by atoms with E-state index in [1.54, 1.807) is 36.4 Å². The summed E-state index contributed by atoms with van der Waals surface area (Å²) < 4.78 is 5.47. The van der Waals surface area contributed by atoms with E-state index >= 15 is 0 Å². The van der Waals surface area contributed by atoms with Crippen molar-refractivity contribution in [2.75, 3.05) is 5.32 Å². The van der Waals surface area contributed by atoms with Crippen LogP contribution in [0, 0.1) is 11.8 Å². The Morgan fingerprint density at radius 3 is 2.45 bits per heavy atom. The molecule has 2 aliphatic rings. The minimum Gasteiger partial charge on any atom is -0.481 e. The molecule has 3 rings (SSSR count). The van der Waals surface area contributed by atoms with Crippen molar-refractivity contribution in [2.45, 2.75) is 19.1 Å². The maximum atomic E-state index is 12.4. The number of hydrogen-bond donors (Lipinski definition) is 2. The molecule has 1 fully saturated rings. The fourth-order valence-corrected chi connectivity index (χ4v) is 2.96. The predicted molar refractivity (Wildman–Crippen MR) is 77.5 cm³/mol. The number of carbonyl (C=O) groups excluding carboxylic acids is 2. The van der Waals surface area contributed by atoms with Crippen molar-refractivity contribution in [2.24, 2.45) is 11.8 Å². The number of hydrogen-bond acceptors (Lipinski definition) is 4. The van der Waals surface area contributed by atoms with Gasteiger partial charge in [-0.3, -0.25) is 14.4 Å². The van der Waals surface area contributed by atoms with Gasteiger partial charge >= 0.3 is 5.97 Å². The highest BCUT2D eigenvalue weighted by Gasteiger charge is 2.53. The number of fused-ring (bicyclic) bond motifs is 2. The molecule has 114 valence electrons. The quantitative estimate of drug-likeness (QED) is 0.649. The summed E-state index contributed by atoms with van der Waals surface area (Å²) >= 11 is 0. The third-order valence-electron chi connectivity index (χ3n) is 4.02. The van der Waals surface area contributed by atoms with Gasteiger partial charge in [0.05, 0.1) is 18.1 Å². The summed E-state index contributed by atoms with van der Waals surface area (Å²) in [5, 5.41) is 12.0. The Bertz CT molecular complexity index is 681. The van der Waals surface area contributed by atoms with Crippen LogP contribution < -0.4 is 5.32 Å². The number of ether oxygens (including phenoxy) is 1. The Balaban J connectivity index is 1.80. The molecular weight excluding hydrogens is 286 g/mol. The second-order valence-corrected chi connectivity index (χ2v) is 5.47. The lowest BCUT2D eigenvalue weighted by atomic mass is 9.82. The Morgan fingerprint density at radius 2 is 1.82 bits per heavy atom. The summed E-state index contributed by atoms with van der Waals surface area (Å²) in [6.07, 6.45) is 2.34. The molecule has 1 aromatic carbocycles. The Hall–Kier alpha value is -2.47. The first-order valence-corrected chi connectivity index (χ1v) is 6.96. The first-order valence-electron chi connectivity index (χ1n) is 6.96. The average Bonchev–Trinajstić information content (AvgIpc) is 3.07. The van der Waals surface area contributed by atoms with Gasteiger partial charge in [0, 0.05) is 11.3 Å². The molecular formula is C16H15NO5. The molecule has 0 spiro atoms. The van der Waals surface area contributed by atoms with E-state index in [-0.39, 0.29) is 5.78 Å². The fourth-order valence-electron chi connectivity index (χ4n) is 2.96. The zero-order valence-corrected chi connectivity index (χ0v) is 11.9. The molecule has 0 unspecified atom stereocenters. The minimum absolute atomic E-state index is 0.106. The number of rotatable bonds is 4. The topological polar surface area (TPSA) is 92.7 Å². The maximum absolute atomic E-state index is 12.4. The highest BCUT2D eigenvalue weighted by Crippen LogP contribution is 2.39. The summed E-state index contributed by atoms with van der Waals surface area (Å²) in [5.41, 5.74) is 0.949. The monoisotopic (exact) mass is 301 g/mol. The van der Waals surface area contributed by atoms with Gasteiger partial charge in [0.15, 0.2) is 5.78 Å². The zero-order chi connectivity index (χ0) is 15.9. The van der Waals surface area contributed by atoms with Gasteiger partial charge in [-0.25, -0.2) is 0 Å². The van der Waals surface area contributed by atoms with Crippen molar-refractivity contribution in [3.8, 4) is 0 Å². The van der Waals surface area contributed by atoms with Crippen LogP contribution in [0.3, 0.4) is 0 Å². The highest BCUT2D eigenvalue weighted by molar-refractivity contribution is 5.99. The van der Waals surface area contributed by atoms with Crippen LogP contribution >= 0.6 is 0 Å². The molecule has 4 atom stereocenters. The summed E-state index contributed by atoms with van der Waals surface area (Å²) in [7, 11) is 0. The molecule has 0 radical (unpaired) electrons. The van der Waals surface area contributed by atoms with Gasteiger partial charge in [0.25, 0.3) is 0 Å². The Labute approximate surface area is 126 Å². The van der Waals surface area contributed by atoms with Gasteiger partial charge in [0.1, 0.15) is 5.92 Å². The zero-order valence-electron chi connectivity index (χ0n) is 11.9. The van der Waals surface area contributed by atoms with Crippen LogP contribution in [0.25, 0.3) is 0 Å². The van der Waals surface area contributed by atoms with Crippen molar-refractivity contribution >= 4 is 23.3 Å². The molecule has 1 amide bonds. The van der Waals surface area contributed by atoms with E-state index in [0.717, 1.165) is 0 Å². The fraction of sp³-hybridized carbons (Fsp3) is 0.312. The van der Waals surface area contributed by atoms with Gasteiger partial charge in [-0.15, -0.1) is 0 Å². The SMILES string of the molecule is CC(=O)c1cccc(NC(=O)[C@@H]2[C@@H](C(=O)O)[C@@H]3C=C[C@@H]2O3)c1. The van der Waals surface area contributed by atoms with Gasteiger partial charge < -0.3 is 15.2 Å². The van der Waals surface area contributed by atoms with Crippen LogP contribution in [-0.2, 0) is 14.3 Å². The van der Waals surface area contributed by atoms with Crippen molar-refractivity contribution in [1.29, 1.82) is 0 Å². The Morgan fingerprint density at radius 1 is 1.14 bits per heavy atom. The number of benzene rings is 1. The molecule has 1 aromatic rings. The molecule has 1 saturated heterocycles. The standard InChI is InChI=1S/C16H15NO5/c1-8(18)9-3-2-4-10(7-9)17-15(19)13-11-5-6-12(22-11)14(13)16(20)21/h2-7,11-14H,1H3,(H,17,19)(H,20,21)/t11-,12-,13-,14-/m0/s1. The lowest BCUT2D eigenvalue weighted by molar-refractivity contribution is -0.145. The molecule has 0 aromatic heterocycles. The molecule has 6 nitrogen and oxygen atoms in total. The number of carboxylic acid groups (broad SMARTS) is 1. The van der Waals surface area contributed by atoms with Gasteiger partial charge in [-0.2, -0.15) is 0 Å². The number of amides is 1. The molecule has 2 aliphatic heterocycles. The highest BCUT2D eigenvalue weighted by atomic mass is 16.5. The minimum atomic E-state index is -1.05. The van der Waals surface area contributed by atoms with Crippen molar-refractivity contribution in [3.63, 3.8) is 0 Å². The largest absolute Gasteiger partial charge is 0.481 e. The van der Waals surface area contributed by atoms with Crippen LogP contribution in [0.4, 0.5) is 5.69 Å². The molecule has 0 saturated carbocycles. The van der Waals surface area contributed by atoms with Gasteiger partial charge in [-0.1, -0.05) is 24.3 Å². The van der Waals surface area contributed by atoms with Gasteiger partial charge in [0.2, 0.25) is 5.91 Å². The summed E-state index contributed by atoms with van der Waals surface area (Å²) in [4.78, 5) is 35.2. The number of carboxylic acids is 1. The first kappa shape index (κ1) is 14.5. The number of aliphatic carboxylic acids is 1. The number of Topliss-reactive ketones (excluding diaryl/α,β-unsaturated/α-hetero) is 1. The van der Waals surface area contributed by atoms with Crippen molar-refractivity contribution in [3.05, 3.63) is 42.0 Å². The summed E-state index contributed by atoms with van der Waals surface area (Å²) in [6.45, 7) is 1.44. The molecule has 6 heteroatoms. The van der Waals surface area contributed by atoms with E-state index < -0.39 is 35.9 Å². The second-order valence-electron chi connectivity index (χ2n) is 5.47. The van der Waals surface area contributed by atoms with Gasteiger partial charge in [-0.05, 0) is 19.1 Å². The smallest absolute Gasteiger partial charge is 0.310 e. The lowest BCUT2D eigenvalue weighted by Crippen LogP contribution is -2.39. The number of nitrogens with one attached hydrogen (secondary N) is 1. The second kappa shape index (κ2) is 5.38. The normalized spacial score (nSPS) is 28.6. The third kappa shape index (κ3) is 2.42. The molecule has 2 bridgehead atoms. The van der Waals surface area contributed by atoms with Crippen LogP contribution in [0.1, 0.15) is 17.3 Å². The van der Waals surface area contributed by atoms with Crippen LogP contribution in [-0.4, -0.2) is 35.0 Å².